The van der Waals surface area contributed by atoms with E-state index in [0.29, 0.717) is 11.6 Å². The monoisotopic (exact) mass is 412 g/mol. The highest BCUT2D eigenvalue weighted by Crippen LogP contribution is 2.18. The van der Waals surface area contributed by atoms with Crippen molar-refractivity contribution >= 4 is 34.2 Å². The van der Waals surface area contributed by atoms with E-state index in [1.807, 2.05) is 31.2 Å². The van der Waals surface area contributed by atoms with Crippen molar-refractivity contribution < 1.29 is 4.79 Å². The molecule has 1 fully saturated rings. The summed E-state index contributed by atoms with van der Waals surface area (Å²) in [7, 11) is 0. The van der Waals surface area contributed by atoms with Crippen molar-refractivity contribution in [2.75, 3.05) is 6.54 Å². The van der Waals surface area contributed by atoms with Crippen LogP contribution < -0.4 is 10.6 Å². The second-order valence-corrected chi connectivity index (χ2v) is 7.00. The van der Waals surface area contributed by atoms with E-state index in [4.69, 9.17) is 0 Å². The van der Waals surface area contributed by atoms with Crippen LogP contribution in [0.4, 0.5) is 0 Å². The topological polar surface area (TPSA) is 59.0 Å². The lowest BCUT2D eigenvalue weighted by molar-refractivity contribution is 0.0925. The van der Waals surface area contributed by atoms with Gasteiger partial charge in [-0.05, 0) is 57.5 Å². The smallest absolute Gasteiger partial charge is 0.254 e. The normalized spacial score (nSPS) is 20.3. The maximum absolute atomic E-state index is 12.5. The molecule has 1 saturated heterocycles. The summed E-state index contributed by atoms with van der Waals surface area (Å²) in [5.74, 6) is -0.0371. The Kier molecular flexibility index (Phi) is 6.43. The van der Waals surface area contributed by atoms with E-state index in [-0.39, 0.29) is 24.4 Å². The lowest BCUT2D eigenvalue weighted by Crippen LogP contribution is -2.46. The molecule has 130 valence electrons. The summed E-state index contributed by atoms with van der Waals surface area (Å²) in [6.07, 6.45) is 3.58. The van der Waals surface area contributed by atoms with Gasteiger partial charge in [-0.25, -0.2) is 4.68 Å². The van der Waals surface area contributed by atoms with Crippen molar-refractivity contribution in [2.45, 2.75) is 38.8 Å². The number of benzene rings is 1. The summed E-state index contributed by atoms with van der Waals surface area (Å²) in [5.41, 5.74) is 2.44. The highest BCUT2D eigenvalue weighted by Gasteiger charge is 2.22. The molecule has 2 N–H and O–H groups in total. The maximum atomic E-state index is 12.5. The second kappa shape index (κ2) is 8.14. The molecule has 2 aromatic rings. The third-order valence-corrected chi connectivity index (χ3v) is 4.81. The van der Waals surface area contributed by atoms with Crippen LogP contribution in [0, 0.1) is 6.92 Å². The molecule has 2 atom stereocenters. The predicted molar refractivity (Wildman–Crippen MR) is 101 cm³/mol. The third kappa shape index (κ3) is 4.18. The van der Waals surface area contributed by atoms with E-state index in [2.05, 4.69) is 38.6 Å². The summed E-state index contributed by atoms with van der Waals surface area (Å²) in [4.78, 5) is 12.5. The zero-order chi connectivity index (χ0) is 16.4. The van der Waals surface area contributed by atoms with Crippen molar-refractivity contribution in [3.63, 3.8) is 0 Å². The number of aromatic nitrogens is 2. The summed E-state index contributed by atoms with van der Waals surface area (Å²) < 4.78 is 2.82. The van der Waals surface area contributed by atoms with E-state index < -0.39 is 0 Å². The number of nitrogens with zero attached hydrogens (tertiary/aromatic N) is 2. The lowest BCUT2D eigenvalue weighted by Gasteiger charge is -2.28. The van der Waals surface area contributed by atoms with E-state index in [0.717, 1.165) is 35.2 Å². The summed E-state index contributed by atoms with van der Waals surface area (Å²) in [5, 5.41) is 10.9. The van der Waals surface area contributed by atoms with Crippen LogP contribution in [0.5, 0.6) is 0 Å². The Balaban J connectivity index is 0.00000208. The largest absolute Gasteiger partial charge is 0.349 e. The molecule has 1 aliphatic heterocycles. The second-order valence-electron chi connectivity index (χ2n) is 6.08. The molecule has 0 spiro atoms. The van der Waals surface area contributed by atoms with Crippen LogP contribution in [0.15, 0.2) is 34.9 Å². The molecule has 24 heavy (non-hydrogen) atoms. The van der Waals surface area contributed by atoms with Gasteiger partial charge in [0.2, 0.25) is 0 Å². The average molecular weight is 414 g/mol. The number of hydrogen-bond acceptors (Lipinski definition) is 3. The Morgan fingerprint density at radius 2 is 2.08 bits per heavy atom. The van der Waals surface area contributed by atoms with Gasteiger partial charge in [0, 0.05) is 16.6 Å². The molecule has 7 heteroatoms. The predicted octanol–water partition coefficient (Wildman–Crippen LogP) is 3.24. The number of carbonyl (C=O) groups is 1. The Morgan fingerprint density at radius 1 is 1.38 bits per heavy atom. The van der Waals surface area contributed by atoms with Gasteiger partial charge in [-0.2, -0.15) is 5.10 Å². The molecule has 3 rings (SSSR count). The minimum absolute atomic E-state index is 0. The molecule has 1 amide bonds. The standard InChI is InChI=1S/C17H21BrN4O.ClH/c1-11-9-14(7-8-19-11)21-17(23)16-10-20-22(12(16)2)15-5-3-13(18)4-6-15;/h3-6,10-11,14,19H,7-9H2,1-2H3,(H,21,23);1H. The number of amides is 1. The number of hydrogen-bond donors (Lipinski definition) is 2. The van der Waals surface area contributed by atoms with Gasteiger partial charge in [-0.15, -0.1) is 12.4 Å². The molecule has 0 saturated carbocycles. The van der Waals surface area contributed by atoms with Crippen LogP contribution >= 0.6 is 28.3 Å². The Hall–Kier alpha value is -1.37. The van der Waals surface area contributed by atoms with E-state index in [1.54, 1.807) is 10.9 Å². The first-order valence-electron chi connectivity index (χ1n) is 7.89. The SMILES string of the molecule is Cc1c(C(=O)NC2CCNC(C)C2)cnn1-c1ccc(Br)cc1.Cl. The van der Waals surface area contributed by atoms with Gasteiger partial charge in [0.15, 0.2) is 0 Å². The lowest BCUT2D eigenvalue weighted by atomic mass is 10.0. The van der Waals surface area contributed by atoms with Crippen LogP contribution in [0.1, 0.15) is 35.8 Å². The van der Waals surface area contributed by atoms with Gasteiger partial charge in [0.25, 0.3) is 5.91 Å². The molecule has 2 heterocycles. The number of rotatable bonds is 3. The number of carbonyl (C=O) groups excluding carboxylic acids is 1. The van der Waals surface area contributed by atoms with E-state index in [1.165, 1.54) is 0 Å². The Bertz CT molecular complexity index is 701. The zero-order valence-corrected chi connectivity index (χ0v) is 16.2. The van der Waals surface area contributed by atoms with Crippen molar-refractivity contribution in [3.8, 4) is 5.69 Å². The molecule has 1 aromatic heterocycles. The van der Waals surface area contributed by atoms with Crippen molar-refractivity contribution in [2.24, 2.45) is 0 Å². The van der Waals surface area contributed by atoms with Gasteiger partial charge in [0.05, 0.1) is 23.1 Å². The first-order valence-corrected chi connectivity index (χ1v) is 8.68. The quantitative estimate of drug-likeness (QED) is 0.812. The fourth-order valence-electron chi connectivity index (χ4n) is 3.00. The summed E-state index contributed by atoms with van der Waals surface area (Å²) in [6, 6.07) is 8.55. The summed E-state index contributed by atoms with van der Waals surface area (Å²) in [6.45, 7) is 5.02. The van der Waals surface area contributed by atoms with Gasteiger partial charge in [0.1, 0.15) is 0 Å². The average Bonchev–Trinajstić information content (AvgIpc) is 2.90. The van der Waals surface area contributed by atoms with Crippen LogP contribution in [0.3, 0.4) is 0 Å². The van der Waals surface area contributed by atoms with Crippen molar-refractivity contribution in [1.29, 1.82) is 0 Å². The fraction of sp³-hybridized carbons (Fsp3) is 0.412. The number of halogens is 2. The fourth-order valence-corrected chi connectivity index (χ4v) is 3.27. The van der Waals surface area contributed by atoms with Crippen LogP contribution in [0.2, 0.25) is 0 Å². The van der Waals surface area contributed by atoms with Crippen LogP contribution in [0.25, 0.3) is 5.69 Å². The highest BCUT2D eigenvalue weighted by atomic mass is 79.9. The minimum atomic E-state index is -0.0371. The molecular weight excluding hydrogens is 392 g/mol. The third-order valence-electron chi connectivity index (χ3n) is 4.28. The van der Waals surface area contributed by atoms with E-state index >= 15 is 0 Å². The first kappa shape index (κ1) is 19.0. The van der Waals surface area contributed by atoms with Gasteiger partial charge >= 0.3 is 0 Å². The maximum Gasteiger partial charge on any atom is 0.254 e. The van der Waals surface area contributed by atoms with Gasteiger partial charge in [-0.3, -0.25) is 4.79 Å². The van der Waals surface area contributed by atoms with Crippen molar-refractivity contribution in [1.82, 2.24) is 20.4 Å². The molecular formula is C17H22BrClN4O. The molecule has 1 aromatic carbocycles. The molecule has 0 radical (unpaired) electrons. The first-order chi connectivity index (χ1) is 11.0. The van der Waals surface area contributed by atoms with E-state index in [9.17, 15) is 4.79 Å². The molecule has 0 bridgehead atoms. The molecule has 2 unspecified atom stereocenters. The number of piperidine rings is 1. The molecule has 0 aliphatic carbocycles. The molecule has 5 nitrogen and oxygen atoms in total. The van der Waals surface area contributed by atoms with Crippen LogP contribution in [-0.2, 0) is 0 Å². The van der Waals surface area contributed by atoms with Crippen LogP contribution in [-0.4, -0.2) is 34.3 Å². The Labute approximate surface area is 156 Å². The van der Waals surface area contributed by atoms with Gasteiger partial charge < -0.3 is 10.6 Å². The highest BCUT2D eigenvalue weighted by molar-refractivity contribution is 9.10. The minimum Gasteiger partial charge on any atom is -0.349 e. The van der Waals surface area contributed by atoms with Crippen molar-refractivity contribution in [3.05, 3.63) is 46.2 Å². The molecule has 1 aliphatic rings. The summed E-state index contributed by atoms with van der Waals surface area (Å²) >= 11 is 3.43. The van der Waals surface area contributed by atoms with Gasteiger partial charge in [-0.1, -0.05) is 15.9 Å². The number of nitrogens with one attached hydrogen (secondary N) is 2. The Morgan fingerprint density at radius 3 is 2.75 bits per heavy atom. The zero-order valence-electron chi connectivity index (χ0n) is 13.8.